The first-order chi connectivity index (χ1) is 12.6. The van der Waals surface area contributed by atoms with E-state index in [2.05, 4.69) is 15.5 Å². The first kappa shape index (κ1) is 18.2. The monoisotopic (exact) mass is 368 g/mol. The zero-order valence-electron chi connectivity index (χ0n) is 14.1. The quantitative estimate of drug-likeness (QED) is 0.726. The van der Waals surface area contributed by atoms with Crippen molar-refractivity contribution >= 4 is 28.6 Å². The van der Waals surface area contributed by atoms with Crippen LogP contribution in [-0.4, -0.2) is 34.5 Å². The molecule has 1 heterocycles. The molecule has 2 aromatic rings. The predicted molar refractivity (Wildman–Crippen MR) is 105 cm³/mol. The maximum absolute atomic E-state index is 10.9. The number of hydrogen-bond acceptors (Lipinski definition) is 6. The number of aliphatic carboxylic acids is 1. The molecule has 1 unspecified atom stereocenters. The van der Waals surface area contributed by atoms with Crippen LogP contribution in [0.15, 0.2) is 64.7 Å². The second kappa shape index (κ2) is 8.64. The first-order valence-electron chi connectivity index (χ1n) is 8.23. The van der Waals surface area contributed by atoms with Gasteiger partial charge < -0.3 is 10.8 Å². The van der Waals surface area contributed by atoms with E-state index in [4.69, 9.17) is 10.8 Å². The summed E-state index contributed by atoms with van der Waals surface area (Å²) in [6, 6.07) is 16.9. The van der Waals surface area contributed by atoms with Crippen molar-refractivity contribution in [2.75, 3.05) is 6.54 Å². The van der Waals surface area contributed by atoms with Crippen LogP contribution in [-0.2, 0) is 17.0 Å². The molecule has 0 fully saturated rings. The average Bonchev–Trinajstić information content (AvgIpc) is 2.68. The van der Waals surface area contributed by atoms with Gasteiger partial charge in [-0.2, -0.15) is 5.10 Å². The number of carboxylic acid groups (broad SMARTS) is 1. The van der Waals surface area contributed by atoms with Crippen LogP contribution in [0.25, 0.3) is 0 Å². The molecule has 2 aromatic carbocycles. The minimum absolute atomic E-state index is 0.317. The fourth-order valence-electron chi connectivity index (χ4n) is 2.54. The number of carboxylic acids is 1. The molecule has 4 N–H and O–H groups in total. The summed E-state index contributed by atoms with van der Waals surface area (Å²) in [7, 11) is 0. The maximum Gasteiger partial charge on any atom is 0.320 e. The highest BCUT2D eigenvalue weighted by Crippen LogP contribution is 2.17. The van der Waals surface area contributed by atoms with Gasteiger partial charge in [0.25, 0.3) is 0 Å². The number of aliphatic imine (C=N–C) groups is 1. The summed E-state index contributed by atoms with van der Waals surface area (Å²) in [6.07, 6.45) is 0.317. The molecule has 0 bridgehead atoms. The van der Waals surface area contributed by atoms with Crippen LogP contribution in [0.2, 0.25) is 0 Å². The summed E-state index contributed by atoms with van der Waals surface area (Å²) in [4.78, 5) is 15.4. The fraction of sp³-hybridized carbons (Fsp3) is 0.211. The van der Waals surface area contributed by atoms with Gasteiger partial charge in [0, 0.05) is 5.75 Å². The van der Waals surface area contributed by atoms with E-state index in [1.54, 1.807) is 11.8 Å². The van der Waals surface area contributed by atoms with Crippen molar-refractivity contribution in [3.05, 3.63) is 71.3 Å². The Bertz CT molecular complexity index is 836. The van der Waals surface area contributed by atoms with E-state index in [9.17, 15) is 4.79 Å². The number of hydrogen-bond donors (Lipinski definition) is 3. The molecular formula is C19H20N4O2S. The zero-order valence-corrected chi connectivity index (χ0v) is 14.9. The summed E-state index contributed by atoms with van der Waals surface area (Å²) in [5.41, 5.74) is 12.6. The third kappa shape index (κ3) is 4.93. The van der Waals surface area contributed by atoms with Gasteiger partial charge in [0.2, 0.25) is 0 Å². The fourth-order valence-corrected chi connectivity index (χ4v) is 3.29. The van der Waals surface area contributed by atoms with Gasteiger partial charge >= 0.3 is 5.97 Å². The Kier molecular flexibility index (Phi) is 6.04. The number of carbonyl (C=O) groups is 1. The highest BCUT2D eigenvalue weighted by Gasteiger charge is 2.13. The third-order valence-electron chi connectivity index (χ3n) is 3.91. The Balaban J connectivity index is 1.54. The van der Waals surface area contributed by atoms with Gasteiger partial charge in [-0.05, 0) is 23.1 Å². The molecule has 0 aromatic heterocycles. The number of benzene rings is 2. The van der Waals surface area contributed by atoms with E-state index in [0.717, 1.165) is 33.3 Å². The van der Waals surface area contributed by atoms with Gasteiger partial charge in [0.05, 0.1) is 12.3 Å². The van der Waals surface area contributed by atoms with Gasteiger partial charge in [-0.3, -0.25) is 15.2 Å². The average molecular weight is 368 g/mol. The van der Waals surface area contributed by atoms with Gasteiger partial charge in [-0.15, -0.1) is 0 Å². The van der Waals surface area contributed by atoms with Crippen molar-refractivity contribution in [1.29, 1.82) is 0 Å². The van der Waals surface area contributed by atoms with Gasteiger partial charge in [-0.25, -0.2) is 0 Å². The van der Waals surface area contributed by atoms with Gasteiger partial charge in [-0.1, -0.05) is 66.4 Å². The molecule has 0 saturated heterocycles. The van der Waals surface area contributed by atoms with Crippen LogP contribution >= 0.6 is 11.8 Å². The molecule has 0 saturated carbocycles. The molecule has 0 radical (unpaired) electrons. The summed E-state index contributed by atoms with van der Waals surface area (Å²) >= 11 is 1.57. The Hall–Kier alpha value is -2.64. The summed E-state index contributed by atoms with van der Waals surface area (Å²) < 4.78 is 0. The van der Waals surface area contributed by atoms with Crippen LogP contribution < -0.4 is 11.2 Å². The molecule has 3 rings (SSSR count). The molecule has 0 amide bonds. The van der Waals surface area contributed by atoms with Crippen LogP contribution in [0.3, 0.4) is 0 Å². The number of hydrazone groups is 1. The van der Waals surface area contributed by atoms with Crippen molar-refractivity contribution in [3.63, 3.8) is 0 Å². The van der Waals surface area contributed by atoms with Crippen molar-refractivity contribution < 1.29 is 9.90 Å². The van der Waals surface area contributed by atoms with Gasteiger partial charge in [0.15, 0.2) is 5.17 Å². The molecule has 1 aliphatic heterocycles. The largest absolute Gasteiger partial charge is 0.480 e. The minimum Gasteiger partial charge on any atom is -0.480 e. The SMILES string of the molecule is NC(Cc1cccc(CSC2=NCC(c3ccccc3)=NN2)c1)C(=O)O. The number of nitrogens with one attached hydrogen (secondary N) is 1. The van der Waals surface area contributed by atoms with Gasteiger partial charge in [0.1, 0.15) is 6.04 Å². The molecule has 7 heteroatoms. The zero-order chi connectivity index (χ0) is 18.4. The minimum atomic E-state index is -0.988. The van der Waals surface area contributed by atoms with Crippen molar-refractivity contribution in [2.45, 2.75) is 18.2 Å². The molecule has 0 aliphatic carbocycles. The summed E-state index contributed by atoms with van der Waals surface area (Å²) in [5, 5.41) is 14.1. The first-order valence-corrected chi connectivity index (χ1v) is 9.22. The van der Waals surface area contributed by atoms with Crippen LogP contribution in [0, 0.1) is 0 Å². The van der Waals surface area contributed by atoms with Crippen LogP contribution in [0.4, 0.5) is 0 Å². The Morgan fingerprint density at radius 2 is 1.96 bits per heavy atom. The smallest absolute Gasteiger partial charge is 0.320 e. The van der Waals surface area contributed by atoms with Crippen molar-refractivity contribution in [2.24, 2.45) is 15.8 Å². The summed E-state index contributed by atoms with van der Waals surface area (Å²) in [5.74, 6) is -0.268. The predicted octanol–water partition coefficient (Wildman–Crippen LogP) is 2.24. The molecule has 1 atom stereocenters. The lowest BCUT2D eigenvalue weighted by Gasteiger charge is -2.14. The Morgan fingerprint density at radius 1 is 1.19 bits per heavy atom. The lowest BCUT2D eigenvalue weighted by atomic mass is 10.0. The van der Waals surface area contributed by atoms with Crippen LogP contribution in [0.1, 0.15) is 16.7 Å². The summed E-state index contributed by atoms with van der Waals surface area (Å²) in [6.45, 7) is 0.548. The molecule has 1 aliphatic rings. The van der Waals surface area contributed by atoms with Crippen molar-refractivity contribution in [3.8, 4) is 0 Å². The molecule has 6 nitrogen and oxygen atoms in total. The van der Waals surface area contributed by atoms with Crippen LogP contribution in [0.5, 0.6) is 0 Å². The standard InChI is InChI=1S/C19H20N4O2S/c20-16(18(24)25)10-13-5-4-6-14(9-13)12-26-19-21-11-17(22-23-19)15-7-2-1-3-8-15/h1-9,16H,10-12,20H2,(H,21,23)(H,24,25). The maximum atomic E-state index is 10.9. The molecular weight excluding hydrogens is 348 g/mol. The Morgan fingerprint density at radius 3 is 2.65 bits per heavy atom. The number of nitrogens with two attached hydrogens (primary N) is 1. The van der Waals surface area contributed by atoms with E-state index < -0.39 is 12.0 Å². The van der Waals surface area contributed by atoms with E-state index in [-0.39, 0.29) is 0 Å². The third-order valence-corrected chi connectivity index (χ3v) is 4.88. The topological polar surface area (TPSA) is 100 Å². The number of rotatable bonds is 6. The molecule has 0 spiro atoms. The Labute approximate surface area is 156 Å². The number of thioether (sulfide) groups is 1. The highest BCUT2D eigenvalue weighted by atomic mass is 32.2. The lowest BCUT2D eigenvalue weighted by Crippen LogP contribution is -2.32. The molecule has 26 heavy (non-hydrogen) atoms. The molecule has 134 valence electrons. The second-order valence-corrected chi connectivity index (χ2v) is 6.88. The number of amidine groups is 1. The number of nitrogens with zero attached hydrogens (tertiary/aromatic N) is 2. The lowest BCUT2D eigenvalue weighted by molar-refractivity contribution is -0.138. The van der Waals surface area contributed by atoms with E-state index >= 15 is 0 Å². The van der Waals surface area contributed by atoms with Crippen molar-refractivity contribution in [1.82, 2.24) is 5.43 Å². The second-order valence-electron chi connectivity index (χ2n) is 5.92. The van der Waals surface area contributed by atoms with E-state index in [0.29, 0.717) is 13.0 Å². The van der Waals surface area contributed by atoms with E-state index in [1.165, 1.54) is 0 Å². The normalized spacial score (nSPS) is 14.8. The highest BCUT2D eigenvalue weighted by molar-refractivity contribution is 8.13. The van der Waals surface area contributed by atoms with E-state index in [1.807, 2.05) is 54.6 Å².